The molecule has 1 heterocycles. The zero-order valence-corrected chi connectivity index (χ0v) is 20.1. The van der Waals surface area contributed by atoms with Crippen LogP contribution >= 0.6 is 24.0 Å². The van der Waals surface area contributed by atoms with Gasteiger partial charge in [-0.3, -0.25) is 0 Å². The Labute approximate surface area is 187 Å². The van der Waals surface area contributed by atoms with Crippen molar-refractivity contribution in [1.29, 1.82) is 0 Å². The lowest BCUT2D eigenvalue weighted by Gasteiger charge is -2.32. The maximum absolute atomic E-state index is 5.98. The van der Waals surface area contributed by atoms with Crippen molar-refractivity contribution in [1.82, 2.24) is 15.5 Å². The van der Waals surface area contributed by atoms with Gasteiger partial charge in [0.2, 0.25) is 0 Å². The normalized spacial score (nSPS) is 16.9. The van der Waals surface area contributed by atoms with Crippen LogP contribution in [0, 0.1) is 6.92 Å². The lowest BCUT2D eigenvalue weighted by molar-refractivity contribution is 0.128. The molecule has 0 aromatic heterocycles. The van der Waals surface area contributed by atoms with Crippen molar-refractivity contribution < 1.29 is 9.47 Å². The fraction of sp³-hybridized carbons (Fsp3) is 0.667. The minimum atomic E-state index is 0. The van der Waals surface area contributed by atoms with Gasteiger partial charge in [-0.15, -0.1) is 24.0 Å². The van der Waals surface area contributed by atoms with E-state index < -0.39 is 0 Å². The van der Waals surface area contributed by atoms with Crippen molar-refractivity contribution in [2.24, 2.45) is 4.99 Å². The van der Waals surface area contributed by atoms with E-state index in [9.17, 15) is 0 Å². The summed E-state index contributed by atoms with van der Waals surface area (Å²) >= 11 is 0. The van der Waals surface area contributed by atoms with E-state index in [-0.39, 0.29) is 30.1 Å². The van der Waals surface area contributed by atoms with E-state index in [1.807, 2.05) is 12.1 Å². The summed E-state index contributed by atoms with van der Waals surface area (Å²) in [6, 6.07) is 8.61. The number of ether oxygens (including phenoxy) is 2. The number of nitrogens with zero attached hydrogens (tertiary/aromatic N) is 2. The summed E-state index contributed by atoms with van der Waals surface area (Å²) in [6.45, 7) is 11.7. The summed E-state index contributed by atoms with van der Waals surface area (Å²) < 4.78 is 11.2. The van der Waals surface area contributed by atoms with E-state index in [2.05, 4.69) is 48.4 Å². The highest BCUT2D eigenvalue weighted by atomic mass is 127. The number of rotatable bonds is 9. The van der Waals surface area contributed by atoms with Gasteiger partial charge >= 0.3 is 0 Å². The SMILES string of the molecule is CCNC(=NCC(C)Oc1cccc(C)c1)NC1CCN(CCOC)CC1.I. The third-order valence-corrected chi connectivity index (χ3v) is 4.72. The number of benzene rings is 1. The van der Waals surface area contributed by atoms with E-state index in [0.29, 0.717) is 12.6 Å². The molecule has 0 aliphatic carbocycles. The van der Waals surface area contributed by atoms with Gasteiger partial charge in [-0.1, -0.05) is 12.1 Å². The van der Waals surface area contributed by atoms with E-state index in [1.54, 1.807) is 7.11 Å². The van der Waals surface area contributed by atoms with Crippen molar-refractivity contribution in [3.8, 4) is 5.75 Å². The second-order valence-corrected chi connectivity index (χ2v) is 7.22. The number of nitrogens with one attached hydrogen (secondary N) is 2. The van der Waals surface area contributed by atoms with Gasteiger partial charge in [0.25, 0.3) is 0 Å². The zero-order chi connectivity index (χ0) is 19.5. The molecule has 1 atom stereocenters. The Morgan fingerprint density at radius 3 is 2.71 bits per heavy atom. The number of methoxy groups -OCH3 is 1. The fourth-order valence-corrected chi connectivity index (χ4v) is 3.21. The molecule has 2 N–H and O–H groups in total. The number of likely N-dealkylation sites (tertiary alicyclic amines) is 1. The molecule has 0 saturated carbocycles. The Kier molecular flexibility index (Phi) is 12.5. The number of aryl methyl sites for hydroxylation is 1. The van der Waals surface area contributed by atoms with Crippen LogP contribution in [-0.2, 0) is 4.74 Å². The zero-order valence-electron chi connectivity index (χ0n) is 17.7. The Bertz CT molecular complexity index is 577. The van der Waals surface area contributed by atoms with Gasteiger partial charge in [-0.2, -0.15) is 0 Å². The van der Waals surface area contributed by atoms with E-state index in [4.69, 9.17) is 14.5 Å². The third kappa shape index (κ3) is 9.43. The van der Waals surface area contributed by atoms with Crippen molar-refractivity contribution in [2.45, 2.75) is 45.8 Å². The van der Waals surface area contributed by atoms with Crippen LogP contribution in [0.5, 0.6) is 5.75 Å². The molecule has 0 amide bonds. The van der Waals surface area contributed by atoms with Crippen molar-refractivity contribution in [3.63, 3.8) is 0 Å². The number of guanidine groups is 1. The Morgan fingerprint density at radius 2 is 2.07 bits per heavy atom. The van der Waals surface area contributed by atoms with E-state index >= 15 is 0 Å². The van der Waals surface area contributed by atoms with Crippen LogP contribution in [0.2, 0.25) is 0 Å². The summed E-state index contributed by atoms with van der Waals surface area (Å²) in [4.78, 5) is 7.19. The molecule has 1 aliphatic rings. The smallest absolute Gasteiger partial charge is 0.191 e. The lowest BCUT2D eigenvalue weighted by atomic mass is 10.1. The van der Waals surface area contributed by atoms with Gasteiger partial charge in [0.15, 0.2) is 5.96 Å². The van der Waals surface area contributed by atoms with Crippen LogP contribution < -0.4 is 15.4 Å². The molecule has 0 spiro atoms. The molecular formula is C21H37IN4O2. The summed E-state index contributed by atoms with van der Waals surface area (Å²) in [6.07, 6.45) is 2.28. The molecule has 1 fully saturated rings. The fourth-order valence-electron chi connectivity index (χ4n) is 3.21. The van der Waals surface area contributed by atoms with Crippen LogP contribution in [0.1, 0.15) is 32.3 Å². The van der Waals surface area contributed by atoms with Gasteiger partial charge in [0.05, 0.1) is 13.2 Å². The van der Waals surface area contributed by atoms with Gasteiger partial charge in [0, 0.05) is 39.3 Å². The molecule has 6 nitrogen and oxygen atoms in total. The molecule has 160 valence electrons. The van der Waals surface area contributed by atoms with Crippen LogP contribution in [0.4, 0.5) is 0 Å². The van der Waals surface area contributed by atoms with Gasteiger partial charge < -0.3 is 25.0 Å². The number of halogens is 1. The molecule has 0 bridgehead atoms. The first-order valence-electron chi connectivity index (χ1n) is 10.1. The Morgan fingerprint density at radius 1 is 1.32 bits per heavy atom. The molecule has 1 aromatic rings. The molecule has 28 heavy (non-hydrogen) atoms. The summed E-state index contributed by atoms with van der Waals surface area (Å²) in [5.41, 5.74) is 1.20. The minimum absolute atomic E-state index is 0. The Hall–Kier alpha value is -1.06. The Balaban J connectivity index is 0.00000392. The molecular weight excluding hydrogens is 467 g/mol. The largest absolute Gasteiger partial charge is 0.489 e. The first-order valence-corrected chi connectivity index (χ1v) is 10.1. The van der Waals surface area contributed by atoms with Gasteiger partial charge in [-0.05, 0) is 51.3 Å². The van der Waals surface area contributed by atoms with Crippen LogP contribution in [0.25, 0.3) is 0 Å². The number of hydrogen-bond donors (Lipinski definition) is 2. The second kappa shape index (κ2) is 14.0. The van der Waals surface area contributed by atoms with Crippen LogP contribution in [0.15, 0.2) is 29.3 Å². The highest BCUT2D eigenvalue weighted by molar-refractivity contribution is 14.0. The standard InChI is InChI=1S/C21H36N4O2.HI/c1-5-22-21(24-19-9-11-25(12-10-19)13-14-26-4)23-16-18(3)27-20-8-6-7-17(2)15-20;/h6-8,15,18-19H,5,9-14,16H2,1-4H3,(H2,22,23,24);1H. The first kappa shape index (κ1) is 25.0. The quantitative estimate of drug-likeness (QED) is 0.308. The van der Waals surface area contributed by atoms with E-state index in [1.165, 1.54) is 5.56 Å². The van der Waals surface area contributed by atoms with Gasteiger partial charge in [0.1, 0.15) is 11.9 Å². The summed E-state index contributed by atoms with van der Waals surface area (Å²) in [5.74, 6) is 1.78. The molecule has 1 unspecified atom stereocenters. The van der Waals surface area contributed by atoms with Gasteiger partial charge in [-0.25, -0.2) is 4.99 Å². The van der Waals surface area contributed by atoms with Crippen LogP contribution in [-0.4, -0.2) is 69.4 Å². The lowest BCUT2D eigenvalue weighted by Crippen LogP contribution is -2.49. The number of aliphatic imine (C=N–C) groups is 1. The molecule has 1 aliphatic heterocycles. The molecule has 1 aromatic carbocycles. The maximum Gasteiger partial charge on any atom is 0.191 e. The number of piperidine rings is 1. The number of hydrogen-bond acceptors (Lipinski definition) is 4. The van der Waals surface area contributed by atoms with Crippen molar-refractivity contribution in [2.75, 3.05) is 46.4 Å². The molecule has 1 saturated heterocycles. The van der Waals surface area contributed by atoms with Crippen molar-refractivity contribution >= 4 is 29.9 Å². The highest BCUT2D eigenvalue weighted by Crippen LogP contribution is 2.14. The summed E-state index contributed by atoms with van der Waals surface area (Å²) in [7, 11) is 1.76. The topological polar surface area (TPSA) is 58.1 Å². The minimum Gasteiger partial charge on any atom is -0.489 e. The molecule has 7 heteroatoms. The molecule has 2 rings (SSSR count). The average Bonchev–Trinajstić information content (AvgIpc) is 2.66. The summed E-state index contributed by atoms with van der Waals surface area (Å²) in [5, 5.41) is 6.94. The van der Waals surface area contributed by atoms with Crippen LogP contribution in [0.3, 0.4) is 0 Å². The third-order valence-electron chi connectivity index (χ3n) is 4.72. The van der Waals surface area contributed by atoms with Crippen molar-refractivity contribution in [3.05, 3.63) is 29.8 Å². The van der Waals surface area contributed by atoms with E-state index in [0.717, 1.165) is 57.3 Å². The predicted octanol–water partition coefficient (Wildman–Crippen LogP) is 3.05. The maximum atomic E-state index is 5.98. The monoisotopic (exact) mass is 504 g/mol. The second-order valence-electron chi connectivity index (χ2n) is 7.22. The highest BCUT2D eigenvalue weighted by Gasteiger charge is 2.19. The predicted molar refractivity (Wildman–Crippen MR) is 127 cm³/mol. The average molecular weight is 504 g/mol. The first-order chi connectivity index (χ1) is 13.1. The molecule has 0 radical (unpaired) electrons.